The zero-order chi connectivity index (χ0) is 22.9. The number of nitrogens with zero attached hydrogens (tertiary/aromatic N) is 2. The Labute approximate surface area is 191 Å². The minimum absolute atomic E-state index is 0.0264. The fourth-order valence-corrected chi connectivity index (χ4v) is 4.01. The van der Waals surface area contributed by atoms with Crippen molar-refractivity contribution in [2.24, 2.45) is 0 Å². The van der Waals surface area contributed by atoms with Crippen molar-refractivity contribution in [2.45, 2.75) is 40.2 Å². The van der Waals surface area contributed by atoms with E-state index in [1.165, 1.54) is 0 Å². The third kappa shape index (κ3) is 5.50. The first-order chi connectivity index (χ1) is 15.6. The summed E-state index contributed by atoms with van der Waals surface area (Å²) < 4.78 is 11.7. The van der Waals surface area contributed by atoms with Crippen LogP contribution in [0.4, 0.5) is 11.4 Å². The van der Waals surface area contributed by atoms with Crippen LogP contribution < -0.4 is 14.8 Å². The van der Waals surface area contributed by atoms with Crippen molar-refractivity contribution in [1.82, 2.24) is 9.88 Å². The fourth-order valence-electron chi connectivity index (χ4n) is 4.01. The SMILES string of the molecule is CCc1c(CO)cccc1Nc1ccnc2cc(OCCCN(CC)CC)c(OC)cc12. The molecule has 0 unspecified atom stereocenters. The Kier molecular flexibility index (Phi) is 8.71. The highest BCUT2D eigenvalue weighted by Gasteiger charge is 2.13. The molecule has 0 saturated heterocycles. The Morgan fingerprint density at radius 1 is 1.03 bits per heavy atom. The quantitative estimate of drug-likeness (QED) is 0.382. The first-order valence-electron chi connectivity index (χ1n) is 11.5. The summed E-state index contributed by atoms with van der Waals surface area (Å²) in [7, 11) is 1.66. The number of ether oxygens (including phenoxy) is 2. The molecule has 0 saturated carbocycles. The highest BCUT2D eigenvalue weighted by molar-refractivity contribution is 5.95. The predicted octanol–water partition coefficient (Wildman–Crippen LogP) is 5.15. The van der Waals surface area contributed by atoms with E-state index in [9.17, 15) is 5.11 Å². The van der Waals surface area contributed by atoms with E-state index in [-0.39, 0.29) is 6.61 Å². The van der Waals surface area contributed by atoms with Crippen LogP contribution in [0, 0.1) is 0 Å². The van der Waals surface area contributed by atoms with Gasteiger partial charge in [-0.25, -0.2) is 0 Å². The maximum absolute atomic E-state index is 9.69. The van der Waals surface area contributed by atoms with Gasteiger partial charge in [-0.1, -0.05) is 32.9 Å². The van der Waals surface area contributed by atoms with Gasteiger partial charge in [-0.3, -0.25) is 4.98 Å². The molecule has 0 aliphatic rings. The van der Waals surface area contributed by atoms with E-state index in [1.54, 1.807) is 13.3 Å². The van der Waals surface area contributed by atoms with Crippen LogP contribution in [0.1, 0.15) is 38.3 Å². The van der Waals surface area contributed by atoms with Gasteiger partial charge < -0.3 is 24.8 Å². The molecule has 6 nitrogen and oxygen atoms in total. The van der Waals surface area contributed by atoms with Crippen molar-refractivity contribution < 1.29 is 14.6 Å². The van der Waals surface area contributed by atoms with Crippen LogP contribution in [0.2, 0.25) is 0 Å². The average molecular weight is 438 g/mol. The molecule has 0 aliphatic carbocycles. The van der Waals surface area contributed by atoms with Crippen molar-refractivity contribution in [1.29, 1.82) is 0 Å². The van der Waals surface area contributed by atoms with Gasteiger partial charge in [0.1, 0.15) is 0 Å². The molecule has 2 aromatic carbocycles. The lowest BCUT2D eigenvalue weighted by Crippen LogP contribution is -2.25. The zero-order valence-corrected chi connectivity index (χ0v) is 19.6. The van der Waals surface area contributed by atoms with Crippen LogP contribution in [0.15, 0.2) is 42.6 Å². The summed E-state index contributed by atoms with van der Waals surface area (Å²) in [4.78, 5) is 6.94. The highest BCUT2D eigenvalue weighted by Crippen LogP contribution is 2.36. The molecule has 0 atom stereocenters. The monoisotopic (exact) mass is 437 g/mol. The molecule has 0 amide bonds. The van der Waals surface area contributed by atoms with E-state index < -0.39 is 0 Å². The molecule has 0 fully saturated rings. The maximum Gasteiger partial charge on any atom is 0.163 e. The second-order valence-corrected chi connectivity index (χ2v) is 7.69. The zero-order valence-electron chi connectivity index (χ0n) is 19.6. The second kappa shape index (κ2) is 11.7. The van der Waals surface area contributed by atoms with E-state index in [4.69, 9.17) is 9.47 Å². The number of anilines is 2. The van der Waals surface area contributed by atoms with Gasteiger partial charge in [0.25, 0.3) is 0 Å². The molecule has 3 aromatic rings. The molecule has 0 aliphatic heterocycles. The third-order valence-corrected chi connectivity index (χ3v) is 5.86. The van der Waals surface area contributed by atoms with Crippen molar-refractivity contribution in [2.75, 3.05) is 38.7 Å². The lowest BCUT2D eigenvalue weighted by molar-refractivity contribution is 0.243. The van der Waals surface area contributed by atoms with Gasteiger partial charge in [0, 0.05) is 35.6 Å². The summed E-state index contributed by atoms with van der Waals surface area (Å²) in [6, 6.07) is 11.8. The molecule has 0 spiro atoms. The van der Waals surface area contributed by atoms with Crippen molar-refractivity contribution in [3.63, 3.8) is 0 Å². The Bertz CT molecular complexity index is 1020. The molecule has 32 heavy (non-hydrogen) atoms. The number of nitrogens with one attached hydrogen (secondary N) is 1. The second-order valence-electron chi connectivity index (χ2n) is 7.69. The standard InChI is InChI=1S/C26H35N3O3/c1-5-20-19(18-30)10-8-11-22(20)28-23-12-13-27-24-17-26(25(31-4)16-21(23)24)32-15-9-14-29(6-2)7-3/h8,10-13,16-17,30H,5-7,9,14-15,18H2,1-4H3,(H,27,28). The van der Waals surface area contributed by atoms with Crippen LogP contribution in [0.5, 0.6) is 11.5 Å². The average Bonchev–Trinajstić information content (AvgIpc) is 2.83. The van der Waals surface area contributed by atoms with Crippen molar-refractivity contribution in [3.8, 4) is 11.5 Å². The normalized spacial score (nSPS) is 11.2. The van der Waals surface area contributed by atoms with Gasteiger partial charge in [0.05, 0.1) is 25.8 Å². The molecule has 0 bridgehead atoms. The first-order valence-corrected chi connectivity index (χ1v) is 11.5. The summed E-state index contributed by atoms with van der Waals surface area (Å²) >= 11 is 0. The number of hydrogen-bond acceptors (Lipinski definition) is 6. The molecular weight excluding hydrogens is 402 g/mol. The molecule has 2 N–H and O–H groups in total. The number of aliphatic hydroxyl groups excluding tert-OH is 1. The molecule has 3 rings (SSSR count). The van der Waals surface area contributed by atoms with Crippen LogP contribution in [-0.2, 0) is 13.0 Å². The molecule has 1 aromatic heterocycles. The van der Waals surface area contributed by atoms with E-state index in [2.05, 4.69) is 36.0 Å². The summed E-state index contributed by atoms with van der Waals surface area (Å²) in [6.45, 7) is 10.2. The van der Waals surface area contributed by atoms with E-state index >= 15 is 0 Å². The molecular formula is C26H35N3O3. The highest BCUT2D eigenvalue weighted by atomic mass is 16.5. The number of rotatable bonds is 12. The van der Waals surface area contributed by atoms with Gasteiger partial charge in [-0.05, 0) is 55.3 Å². The molecule has 172 valence electrons. The number of benzene rings is 2. The minimum atomic E-state index is 0.0264. The lowest BCUT2D eigenvalue weighted by Gasteiger charge is -2.19. The van der Waals surface area contributed by atoms with Crippen molar-refractivity contribution in [3.05, 3.63) is 53.7 Å². The molecule has 6 heteroatoms. The topological polar surface area (TPSA) is 66.8 Å². The number of methoxy groups -OCH3 is 1. The third-order valence-electron chi connectivity index (χ3n) is 5.86. The van der Waals surface area contributed by atoms with Gasteiger partial charge >= 0.3 is 0 Å². The van der Waals surface area contributed by atoms with Crippen LogP contribution >= 0.6 is 0 Å². The first kappa shape index (κ1) is 23.8. The summed E-state index contributed by atoms with van der Waals surface area (Å²) in [5.74, 6) is 1.40. The van der Waals surface area contributed by atoms with E-state index in [1.807, 2.05) is 36.4 Å². The molecule has 1 heterocycles. The van der Waals surface area contributed by atoms with Gasteiger partial charge in [-0.15, -0.1) is 0 Å². The largest absolute Gasteiger partial charge is 0.493 e. The van der Waals surface area contributed by atoms with Gasteiger partial charge in [-0.2, -0.15) is 0 Å². The van der Waals surface area contributed by atoms with Crippen molar-refractivity contribution >= 4 is 22.3 Å². The Morgan fingerprint density at radius 3 is 2.53 bits per heavy atom. The smallest absolute Gasteiger partial charge is 0.163 e. The van der Waals surface area contributed by atoms with E-state index in [0.29, 0.717) is 18.1 Å². The minimum Gasteiger partial charge on any atom is -0.493 e. The lowest BCUT2D eigenvalue weighted by atomic mass is 10.0. The van der Waals surface area contributed by atoms with Gasteiger partial charge in [0.2, 0.25) is 0 Å². The van der Waals surface area contributed by atoms with Crippen LogP contribution in [0.3, 0.4) is 0 Å². The van der Waals surface area contributed by atoms with Gasteiger partial charge in [0.15, 0.2) is 11.5 Å². The Morgan fingerprint density at radius 2 is 1.84 bits per heavy atom. The predicted molar refractivity (Wildman–Crippen MR) is 131 cm³/mol. The number of fused-ring (bicyclic) bond motifs is 1. The number of pyridine rings is 1. The Balaban J connectivity index is 1.85. The maximum atomic E-state index is 9.69. The summed E-state index contributed by atoms with van der Waals surface area (Å²) in [6.07, 6.45) is 3.58. The fraction of sp³-hybridized carbons (Fsp3) is 0.423. The summed E-state index contributed by atoms with van der Waals surface area (Å²) in [5.41, 5.74) is 4.81. The summed E-state index contributed by atoms with van der Waals surface area (Å²) in [5, 5.41) is 14.2. The number of aromatic nitrogens is 1. The molecule has 0 radical (unpaired) electrons. The number of hydrogen-bond donors (Lipinski definition) is 2. The van der Waals surface area contributed by atoms with E-state index in [0.717, 1.165) is 65.9 Å². The van der Waals surface area contributed by atoms with Crippen LogP contribution in [0.25, 0.3) is 10.9 Å². The Hall–Kier alpha value is -2.83. The van der Waals surface area contributed by atoms with Crippen LogP contribution in [-0.4, -0.2) is 48.3 Å². The number of aliphatic hydroxyl groups is 1.